The number of anilines is 1. The van der Waals surface area contributed by atoms with Crippen LogP contribution >= 0.6 is 0 Å². The Hall–Kier alpha value is -2.54. The highest BCUT2D eigenvalue weighted by molar-refractivity contribution is 7.91. The van der Waals surface area contributed by atoms with E-state index in [4.69, 9.17) is 0 Å². The third-order valence-corrected chi connectivity index (χ3v) is 6.09. The monoisotopic (exact) mass is 371 g/mol. The first-order valence-corrected chi connectivity index (χ1v) is 10.2. The van der Waals surface area contributed by atoms with E-state index in [-0.39, 0.29) is 17.4 Å². The van der Waals surface area contributed by atoms with Gasteiger partial charge in [0.05, 0.1) is 28.8 Å². The number of nitrogens with zero attached hydrogens (tertiary/aromatic N) is 2. The van der Waals surface area contributed by atoms with E-state index in [9.17, 15) is 13.2 Å². The van der Waals surface area contributed by atoms with Crippen LogP contribution in [-0.4, -0.2) is 25.8 Å². The Labute approximate surface area is 153 Å². The Bertz CT molecular complexity index is 950. The SMILES string of the molecule is Cc1ccc(N=Nc2cc(C)ccc2NC(=O)C2CCS(=O)(=O)C2)cc1. The summed E-state index contributed by atoms with van der Waals surface area (Å²) in [7, 11) is -3.10. The van der Waals surface area contributed by atoms with E-state index in [2.05, 4.69) is 15.5 Å². The maximum absolute atomic E-state index is 12.4. The van der Waals surface area contributed by atoms with Crippen LogP contribution in [0.1, 0.15) is 17.5 Å². The Morgan fingerprint density at radius 3 is 2.38 bits per heavy atom. The third kappa shape index (κ3) is 4.54. The van der Waals surface area contributed by atoms with Gasteiger partial charge in [-0.1, -0.05) is 23.8 Å². The molecule has 1 amide bonds. The van der Waals surface area contributed by atoms with E-state index in [0.717, 1.165) is 16.8 Å². The van der Waals surface area contributed by atoms with Gasteiger partial charge in [0, 0.05) is 0 Å². The van der Waals surface area contributed by atoms with E-state index in [0.29, 0.717) is 17.8 Å². The summed E-state index contributed by atoms with van der Waals surface area (Å²) in [5.41, 5.74) is 3.92. The number of benzene rings is 2. The van der Waals surface area contributed by atoms with Gasteiger partial charge in [-0.3, -0.25) is 4.79 Å². The van der Waals surface area contributed by atoms with Gasteiger partial charge in [-0.15, -0.1) is 5.11 Å². The van der Waals surface area contributed by atoms with Crippen LogP contribution in [0.25, 0.3) is 0 Å². The standard InChI is InChI=1S/C19H21N3O3S/c1-13-3-6-16(7-4-13)21-22-18-11-14(2)5-8-17(18)20-19(23)15-9-10-26(24,25)12-15/h3-8,11,15H,9-10,12H2,1-2H3,(H,20,23). The highest BCUT2D eigenvalue weighted by Gasteiger charge is 2.33. The van der Waals surface area contributed by atoms with Crippen LogP contribution in [0.4, 0.5) is 17.1 Å². The quantitative estimate of drug-likeness (QED) is 0.821. The molecule has 26 heavy (non-hydrogen) atoms. The van der Waals surface area contributed by atoms with Gasteiger partial charge >= 0.3 is 0 Å². The smallest absolute Gasteiger partial charge is 0.228 e. The molecule has 3 rings (SSSR count). The molecule has 0 bridgehead atoms. The van der Waals surface area contributed by atoms with E-state index in [1.54, 1.807) is 6.07 Å². The van der Waals surface area contributed by atoms with Gasteiger partial charge in [-0.25, -0.2) is 8.42 Å². The molecule has 1 saturated heterocycles. The zero-order valence-corrected chi connectivity index (χ0v) is 15.6. The first-order chi connectivity index (χ1) is 12.3. The van der Waals surface area contributed by atoms with E-state index in [1.165, 1.54) is 0 Å². The number of azo groups is 1. The van der Waals surface area contributed by atoms with Gasteiger partial charge in [-0.05, 0) is 50.1 Å². The number of carbonyl (C=O) groups is 1. The minimum absolute atomic E-state index is 0.0684. The third-order valence-electron chi connectivity index (χ3n) is 4.32. The van der Waals surface area contributed by atoms with Crippen LogP contribution < -0.4 is 5.32 Å². The minimum Gasteiger partial charge on any atom is -0.324 e. The summed E-state index contributed by atoms with van der Waals surface area (Å²) < 4.78 is 23.2. The first kappa shape index (κ1) is 18.3. The second-order valence-corrected chi connectivity index (χ2v) is 8.87. The Balaban J connectivity index is 1.79. The summed E-state index contributed by atoms with van der Waals surface area (Å²) in [5, 5.41) is 11.3. The molecular formula is C19H21N3O3S. The molecule has 1 aliphatic heterocycles. The summed E-state index contributed by atoms with van der Waals surface area (Å²) in [6.45, 7) is 3.93. The van der Waals surface area contributed by atoms with Crippen LogP contribution in [0, 0.1) is 19.8 Å². The van der Waals surface area contributed by atoms with Crippen molar-refractivity contribution in [1.29, 1.82) is 0 Å². The topological polar surface area (TPSA) is 88.0 Å². The summed E-state index contributed by atoms with van der Waals surface area (Å²) in [5.74, 6) is -0.825. The van der Waals surface area contributed by atoms with Crippen LogP contribution in [0.3, 0.4) is 0 Å². The molecule has 1 fully saturated rings. The Morgan fingerprint density at radius 1 is 1.04 bits per heavy atom. The van der Waals surface area contributed by atoms with Crippen molar-refractivity contribution in [1.82, 2.24) is 0 Å². The Kier molecular flexibility index (Phi) is 5.18. The lowest BCUT2D eigenvalue weighted by Gasteiger charge is -2.11. The molecule has 7 heteroatoms. The maximum atomic E-state index is 12.4. The number of rotatable bonds is 4. The number of sulfone groups is 1. The molecule has 136 valence electrons. The molecule has 0 radical (unpaired) electrons. The van der Waals surface area contributed by atoms with Crippen molar-refractivity contribution >= 4 is 32.8 Å². The summed E-state index contributed by atoms with van der Waals surface area (Å²) in [6.07, 6.45) is 0.361. The van der Waals surface area contributed by atoms with Gasteiger partial charge < -0.3 is 5.32 Å². The van der Waals surface area contributed by atoms with E-state index >= 15 is 0 Å². The molecule has 0 aliphatic carbocycles. The van der Waals surface area contributed by atoms with Gasteiger partial charge in [0.2, 0.25) is 5.91 Å². The van der Waals surface area contributed by atoms with Crippen molar-refractivity contribution < 1.29 is 13.2 Å². The lowest BCUT2D eigenvalue weighted by Crippen LogP contribution is -2.23. The fraction of sp³-hybridized carbons (Fsp3) is 0.316. The zero-order chi connectivity index (χ0) is 18.7. The van der Waals surface area contributed by atoms with Gasteiger partial charge in [0.1, 0.15) is 5.69 Å². The molecule has 1 N–H and O–H groups in total. The first-order valence-electron chi connectivity index (χ1n) is 8.43. The van der Waals surface area contributed by atoms with Crippen LogP contribution in [0.15, 0.2) is 52.7 Å². The largest absolute Gasteiger partial charge is 0.324 e. The molecule has 0 aromatic heterocycles. The fourth-order valence-corrected chi connectivity index (χ4v) is 4.53. The maximum Gasteiger partial charge on any atom is 0.228 e. The van der Waals surface area contributed by atoms with Gasteiger partial charge in [0.15, 0.2) is 9.84 Å². The van der Waals surface area contributed by atoms with E-state index < -0.39 is 15.8 Å². The van der Waals surface area contributed by atoms with Crippen molar-refractivity contribution in [3.8, 4) is 0 Å². The van der Waals surface area contributed by atoms with Crippen molar-refractivity contribution in [3.63, 3.8) is 0 Å². The number of hydrogen-bond acceptors (Lipinski definition) is 5. The average molecular weight is 371 g/mol. The lowest BCUT2D eigenvalue weighted by molar-refractivity contribution is -0.119. The predicted octanol–water partition coefficient (Wildman–Crippen LogP) is 4.09. The molecule has 6 nitrogen and oxygen atoms in total. The average Bonchev–Trinajstić information content (AvgIpc) is 2.96. The highest BCUT2D eigenvalue weighted by atomic mass is 32.2. The van der Waals surface area contributed by atoms with Crippen molar-refractivity contribution in [2.45, 2.75) is 20.3 Å². The molecular weight excluding hydrogens is 350 g/mol. The molecule has 2 aromatic carbocycles. The Morgan fingerprint density at radius 2 is 1.73 bits per heavy atom. The number of amides is 1. The summed E-state index contributed by atoms with van der Waals surface area (Å²) in [6, 6.07) is 13.1. The molecule has 1 unspecified atom stereocenters. The van der Waals surface area contributed by atoms with Crippen molar-refractivity contribution in [2.24, 2.45) is 16.1 Å². The predicted molar refractivity (Wildman–Crippen MR) is 102 cm³/mol. The summed E-state index contributed by atoms with van der Waals surface area (Å²) >= 11 is 0. The second-order valence-electron chi connectivity index (χ2n) is 6.65. The van der Waals surface area contributed by atoms with Gasteiger partial charge in [-0.2, -0.15) is 5.11 Å². The van der Waals surface area contributed by atoms with Crippen LogP contribution in [0.5, 0.6) is 0 Å². The number of hydrogen-bond donors (Lipinski definition) is 1. The molecule has 0 spiro atoms. The molecule has 2 aromatic rings. The summed E-state index contributed by atoms with van der Waals surface area (Å²) in [4.78, 5) is 12.4. The normalized spacial score (nSPS) is 18.9. The number of carbonyl (C=O) groups excluding carboxylic acids is 1. The van der Waals surface area contributed by atoms with Crippen LogP contribution in [0.2, 0.25) is 0 Å². The number of aryl methyl sites for hydroxylation is 2. The zero-order valence-electron chi connectivity index (χ0n) is 14.8. The molecule has 0 saturated carbocycles. The van der Waals surface area contributed by atoms with Gasteiger partial charge in [0.25, 0.3) is 0 Å². The number of nitrogens with one attached hydrogen (secondary N) is 1. The van der Waals surface area contributed by atoms with Crippen molar-refractivity contribution in [3.05, 3.63) is 53.6 Å². The second kappa shape index (κ2) is 7.37. The highest BCUT2D eigenvalue weighted by Crippen LogP contribution is 2.30. The molecule has 1 atom stereocenters. The lowest BCUT2D eigenvalue weighted by atomic mass is 10.1. The van der Waals surface area contributed by atoms with Crippen molar-refractivity contribution in [2.75, 3.05) is 16.8 Å². The fourth-order valence-electron chi connectivity index (χ4n) is 2.79. The molecule has 1 aliphatic rings. The minimum atomic E-state index is -3.10. The molecule has 1 heterocycles. The van der Waals surface area contributed by atoms with Crippen LogP contribution in [-0.2, 0) is 14.6 Å². The van der Waals surface area contributed by atoms with E-state index in [1.807, 2.05) is 50.2 Å².